The van der Waals surface area contributed by atoms with Crippen LogP contribution >= 0.6 is 27.7 Å². The topological polar surface area (TPSA) is 72.8 Å². The zero-order valence-electron chi connectivity index (χ0n) is 13.7. The van der Waals surface area contributed by atoms with E-state index in [4.69, 9.17) is 5.41 Å². The number of carbonyl (C=O) groups excluding carboxylic acids is 1. The molecular formula is C19H12BrFN4OS. The van der Waals surface area contributed by atoms with Crippen LogP contribution in [0.1, 0.15) is 5.56 Å². The second-order valence-electron chi connectivity index (χ2n) is 5.74. The van der Waals surface area contributed by atoms with Crippen LogP contribution in [0, 0.1) is 11.2 Å². The van der Waals surface area contributed by atoms with E-state index in [1.807, 2.05) is 12.1 Å². The number of aromatic nitrogens is 2. The number of rotatable bonds is 3. The second kappa shape index (κ2) is 7.13. The zero-order chi connectivity index (χ0) is 19.0. The van der Waals surface area contributed by atoms with Gasteiger partial charge in [-0.15, -0.1) is 0 Å². The summed E-state index contributed by atoms with van der Waals surface area (Å²) >= 11 is 4.46. The van der Waals surface area contributed by atoms with Gasteiger partial charge in [0, 0.05) is 15.6 Å². The van der Waals surface area contributed by atoms with Gasteiger partial charge >= 0.3 is 0 Å². The van der Waals surface area contributed by atoms with Crippen molar-refractivity contribution in [2.45, 2.75) is 0 Å². The number of nitrogens with one attached hydrogen (secondary N) is 2. The number of halogens is 2. The SMILES string of the molecule is N=C1S/C(=C\c2cn[nH]c2-c2ccc(F)cc2)C(=O)N1c1ccc(Br)cc1. The van der Waals surface area contributed by atoms with E-state index in [9.17, 15) is 9.18 Å². The summed E-state index contributed by atoms with van der Waals surface area (Å²) in [7, 11) is 0. The predicted molar refractivity (Wildman–Crippen MR) is 109 cm³/mol. The highest BCUT2D eigenvalue weighted by Gasteiger charge is 2.33. The van der Waals surface area contributed by atoms with Crippen molar-refractivity contribution in [1.82, 2.24) is 10.2 Å². The number of thioether (sulfide) groups is 1. The maximum Gasteiger partial charge on any atom is 0.271 e. The molecular weight excluding hydrogens is 431 g/mol. The Morgan fingerprint density at radius 1 is 1.15 bits per heavy atom. The summed E-state index contributed by atoms with van der Waals surface area (Å²) in [6.07, 6.45) is 3.30. The van der Waals surface area contributed by atoms with Crippen molar-refractivity contribution in [2.24, 2.45) is 0 Å². The third kappa shape index (κ3) is 3.45. The van der Waals surface area contributed by atoms with Gasteiger partial charge in [0.05, 0.1) is 22.5 Å². The highest BCUT2D eigenvalue weighted by atomic mass is 79.9. The lowest BCUT2D eigenvalue weighted by Crippen LogP contribution is -2.27. The predicted octanol–water partition coefficient (Wildman–Crippen LogP) is 5.03. The maximum atomic E-state index is 13.2. The van der Waals surface area contributed by atoms with Crippen LogP contribution in [0.25, 0.3) is 17.3 Å². The van der Waals surface area contributed by atoms with Gasteiger partial charge in [-0.3, -0.25) is 20.2 Å². The van der Waals surface area contributed by atoms with Gasteiger partial charge < -0.3 is 0 Å². The van der Waals surface area contributed by atoms with Gasteiger partial charge in [-0.05, 0) is 66.4 Å². The molecule has 5 nitrogen and oxygen atoms in total. The number of hydrogen-bond acceptors (Lipinski definition) is 4. The first-order valence-corrected chi connectivity index (χ1v) is 9.51. The smallest absolute Gasteiger partial charge is 0.271 e. The van der Waals surface area contributed by atoms with Crippen molar-refractivity contribution >= 4 is 50.5 Å². The average molecular weight is 443 g/mol. The van der Waals surface area contributed by atoms with Crippen molar-refractivity contribution in [2.75, 3.05) is 4.90 Å². The van der Waals surface area contributed by atoms with E-state index >= 15 is 0 Å². The van der Waals surface area contributed by atoms with E-state index in [0.29, 0.717) is 21.8 Å². The summed E-state index contributed by atoms with van der Waals surface area (Å²) < 4.78 is 14.1. The molecule has 4 rings (SSSR count). The molecule has 0 radical (unpaired) electrons. The largest absolute Gasteiger partial charge is 0.278 e. The first-order valence-electron chi connectivity index (χ1n) is 7.90. The molecule has 2 N–H and O–H groups in total. The molecule has 1 fully saturated rings. The van der Waals surface area contributed by atoms with Crippen molar-refractivity contribution < 1.29 is 9.18 Å². The Morgan fingerprint density at radius 2 is 1.85 bits per heavy atom. The van der Waals surface area contributed by atoms with E-state index < -0.39 is 0 Å². The van der Waals surface area contributed by atoms with Crippen LogP contribution in [0.2, 0.25) is 0 Å². The number of nitrogens with zero attached hydrogens (tertiary/aromatic N) is 2. The Morgan fingerprint density at radius 3 is 2.56 bits per heavy atom. The van der Waals surface area contributed by atoms with Crippen molar-refractivity contribution in [3.05, 3.63) is 75.5 Å². The third-order valence-electron chi connectivity index (χ3n) is 4.00. The number of H-pyrrole nitrogens is 1. The van der Waals surface area contributed by atoms with Crippen LogP contribution in [0.15, 0.2) is 64.1 Å². The number of aromatic amines is 1. The Hall–Kier alpha value is -2.71. The molecule has 3 aromatic rings. The van der Waals surface area contributed by atoms with Crippen LogP contribution in [-0.2, 0) is 4.79 Å². The standard InChI is InChI=1S/C19H12BrFN4OS/c20-13-3-7-15(8-4-13)25-18(26)16(27-19(25)22)9-12-10-23-24-17(12)11-1-5-14(21)6-2-11/h1-10,22H,(H,23,24)/b16-9-,22-19?. The second-order valence-corrected chi connectivity index (χ2v) is 7.69. The number of carbonyl (C=O) groups is 1. The Balaban J connectivity index is 1.67. The van der Waals surface area contributed by atoms with E-state index in [2.05, 4.69) is 26.1 Å². The molecule has 0 saturated carbocycles. The highest BCUT2D eigenvalue weighted by molar-refractivity contribution is 9.10. The molecule has 0 aliphatic carbocycles. The first kappa shape index (κ1) is 17.7. The zero-order valence-corrected chi connectivity index (χ0v) is 16.1. The summed E-state index contributed by atoms with van der Waals surface area (Å²) in [6.45, 7) is 0. The van der Waals surface area contributed by atoms with Crippen LogP contribution in [0.4, 0.5) is 10.1 Å². The first-order chi connectivity index (χ1) is 13.0. The fourth-order valence-corrected chi connectivity index (χ4v) is 3.82. The molecule has 134 valence electrons. The number of amidine groups is 1. The summed E-state index contributed by atoms with van der Waals surface area (Å²) in [5.41, 5.74) is 2.78. The van der Waals surface area contributed by atoms with Gasteiger partial charge in [0.2, 0.25) is 0 Å². The number of anilines is 1. The van der Waals surface area contributed by atoms with Crippen molar-refractivity contribution in [1.29, 1.82) is 5.41 Å². The Labute approximate surface area is 166 Å². The highest BCUT2D eigenvalue weighted by Crippen LogP contribution is 2.36. The van der Waals surface area contributed by atoms with Crippen molar-refractivity contribution in [3.8, 4) is 11.3 Å². The lowest BCUT2D eigenvalue weighted by Gasteiger charge is -2.14. The van der Waals surface area contributed by atoms with Crippen LogP contribution in [0.3, 0.4) is 0 Å². The minimum Gasteiger partial charge on any atom is -0.278 e. The molecule has 1 aliphatic heterocycles. The minimum absolute atomic E-state index is 0.139. The summed E-state index contributed by atoms with van der Waals surface area (Å²) in [5.74, 6) is -0.586. The molecule has 0 spiro atoms. The van der Waals surface area contributed by atoms with Crippen molar-refractivity contribution in [3.63, 3.8) is 0 Å². The van der Waals surface area contributed by atoms with Gasteiger partial charge in [-0.1, -0.05) is 15.9 Å². The monoisotopic (exact) mass is 442 g/mol. The molecule has 1 saturated heterocycles. The fraction of sp³-hybridized carbons (Fsp3) is 0. The Bertz CT molecular complexity index is 1060. The quantitative estimate of drug-likeness (QED) is 0.558. The van der Waals surface area contributed by atoms with E-state index in [1.165, 1.54) is 17.0 Å². The molecule has 1 amide bonds. The number of benzene rings is 2. The van der Waals surface area contributed by atoms with Gasteiger partial charge in [0.15, 0.2) is 5.17 Å². The lowest BCUT2D eigenvalue weighted by molar-refractivity contribution is -0.113. The molecule has 2 aromatic carbocycles. The minimum atomic E-state index is -0.321. The van der Waals surface area contributed by atoms with E-state index in [-0.39, 0.29) is 16.9 Å². The fourth-order valence-electron chi connectivity index (χ4n) is 2.71. The summed E-state index contributed by atoms with van der Waals surface area (Å²) in [5, 5.41) is 15.2. The molecule has 0 bridgehead atoms. The average Bonchev–Trinajstić information content (AvgIpc) is 3.22. The van der Waals surface area contributed by atoms with E-state index in [0.717, 1.165) is 21.8 Å². The number of hydrogen-bond donors (Lipinski definition) is 2. The molecule has 8 heteroatoms. The normalized spacial score (nSPS) is 15.8. The molecule has 0 atom stereocenters. The van der Waals surface area contributed by atoms with Crippen LogP contribution in [0.5, 0.6) is 0 Å². The molecule has 2 heterocycles. The molecule has 1 aromatic heterocycles. The number of amides is 1. The third-order valence-corrected chi connectivity index (χ3v) is 5.41. The van der Waals surface area contributed by atoms with Crippen LogP contribution < -0.4 is 4.90 Å². The van der Waals surface area contributed by atoms with Crippen LogP contribution in [-0.4, -0.2) is 21.3 Å². The summed E-state index contributed by atoms with van der Waals surface area (Å²) in [6, 6.07) is 13.2. The molecule has 27 heavy (non-hydrogen) atoms. The van der Waals surface area contributed by atoms with Gasteiger partial charge in [0.1, 0.15) is 5.82 Å². The van der Waals surface area contributed by atoms with Gasteiger partial charge in [-0.25, -0.2) is 4.39 Å². The van der Waals surface area contributed by atoms with Gasteiger partial charge in [0.25, 0.3) is 5.91 Å². The lowest BCUT2D eigenvalue weighted by atomic mass is 10.1. The summed E-state index contributed by atoms with van der Waals surface area (Å²) in [4.78, 5) is 14.6. The molecule has 1 aliphatic rings. The molecule has 0 unspecified atom stereocenters. The maximum absolute atomic E-state index is 13.2. The Kier molecular flexibility index (Phi) is 4.67. The van der Waals surface area contributed by atoms with Gasteiger partial charge in [-0.2, -0.15) is 5.10 Å². The van der Waals surface area contributed by atoms with E-state index in [1.54, 1.807) is 36.5 Å².